The number of rotatable bonds is 74. The maximum atomic E-state index is 13.1. The number of carbonyl (C=O) groups is 4. The van der Waals surface area contributed by atoms with Gasteiger partial charge in [0.05, 0.1) is 26.4 Å². The monoisotopic (exact) mass is 1400 g/mol. The minimum atomic E-state index is -4.97. The maximum absolute atomic E-state index is 13.1. The van der Waals surface area contributed by atoms with Crippen molar-refractivity contribution < 1.29 is 80.2 Å². The van der Waals surface area contributed by atoms with Crippen LogP contribution in [0.1, 0.15) is 362 Å². The van der Waals surface area contributed by atoms with Crippen LogP contribution in [-0.2, 0) is 65.4 Å². The van der Waals surface area contributed by atoms with Crippen molar-refractivity contribution in [2.45, 2.75) is 380 Å². The third kappa shape index (κ3) is 69.5. The molecule has 0 aliphatic carbocycles. The van der Waals surface area contributed by atoms with Gasteiger partial charge < -0.3 is 33.8 Å². The van der Waals surface area contributed by atoms with Crippen LogP contribution in [-0.4, -0.2) is 96.7 Å². The van der Waals surface area contributed by atoms with Gasteiger partial charge in [-0.15, -0.1) is 0 Å². The van der Waals surface area contributed by atoms with Crippen LogP contribution in [0.4, 0.5) is 0 Å². The van der Waals surface area contributed by atoms with Crippen LogP contribution >= 0.6 is 15.6 Å². The number of aliphatic hydroxyl groups is 1. The van der Waals surface area contributed by atoms with Crippen LogP contribution in [0.25, 0.3) is 0 Å². The van der Waals surface area contributed by atoms with E-state index in [-0.39, 0.29) is 25.7 Å². The number of esters is 4. The highest BCUT2D eigenvalue weighted by Gasteiger charge is 2.30. The van der Waals surface area contributed by atoms with Crippen LogP contribution in [0, 0.1) is 0 Å². The summed E-state index contributed by atoms with van der Waals surface area (Å²) in [7, 11) is -9.94. The number of hydrogen-bond acceptors (Lipinski definition) is 15. The molecule has 17 nitrogen and oxygen atoms in total. The van der Waals surface area contributed by atoms with Gasteiger partial charge in [-0.3, -0.25) is 37.3 Å². The summed E-state index contributed by atoms with van der Waals surface area (Å²) >= 11 is 0. The van der Waals surface area contributed by atoms with E-state index in [4.69, 9.17) is 37.0 Å². The highest BCUT2D eigenvalue weighted by atomic mass is 31.2. The second-order valence-electron chi connectivity index (χ2n) is 26.3. The van der Waals surface area contributed by atoms with Crippen LogP contribution in [0.3, 0.4) is 0 Å². The first-order chi connectivity index (χ1) is 46.7. The van der Waals surface area contributed by atoms with Crippen molar-refractivity contribution in [1.82, 2.24) is 0 Å². The van der Waals surface area contributed by atoms with Crippen LogP contribution in [0.5, 0.6) is 0 Å². The van der Waals surface area contributed by atoms with Crippen LogP contribution in [0.15, 0.2) is 48.6 Å². The summed E-state index contributed by atoms with van der Waals surface area (Å²) in [5.41, 5.74) is 0. The summed E-state index contributed by atoms with van der Waals surface area (Å²) in [6.07, 6.45) is 66.6. The normalized spacial score (nSPS) is 14.2. The molecule has 5 atom stereocenters. The molecule has 0 aliphatic heterocycles. The number of aliphatic hydroxyl groups excluding tert-OH is 1. The lowest BCUT2D eigenvalue weighted by Gasteiger charge is -2.21. The Kier molecular flexibility index (Phi) is 68.3. The number of phosphoric ester groups is 2. The van der Waals surface area contributed by atoms with E-state index < -0.39 is 97.5 Å². The zero-order valence-electron chi connectivity index (χ0n) is 61.3. The van der Waals surface area contributed by atoms with E-state index in [2.05, 4.69) is 76.3 Å². The fraction of sp³-hybridized carbons (Fsp3) is 0.844. The Labute approximate surface area is 585 Å². The summed E-state index contributed by atoms with van der Waals surface area (Å²) in [6.45, 7) is 4.86. The fourth-order valence-electron chi connectivity index (χ4n) is 10.8. The van der Waals surface area contributed by atoms with Gasteiger partial charge in [0.2, 0.25) is 0 Å². The maximum Gasteiger partial charge on any atom is 0.472 e. The topological polar surface area (TPSA) is 237 Å². The number of phosphoric acid groups is 2. The molecule has 19 heteroatoms. The average molecular weight is 1400 g/mol. The standard InChI is InChI=1S/C77H142O17P2/c1-5-9-13-17-21-25-29-33-35-39-42-46-50-54-58-62-75(80)88-68-72(93-76(81)63-59-55-51-47-43-38-32-28-24-20-16-12-8-4)69-91-95(83,84)89-65-71(78)66-90-96(85,86)92-70-73(67-87-74(79)61-57-53-49-45-41-37-31-27-23-19-15-11-7-3)94-77(82)64-60-56-52-48-44-40-36-34-30-26-22-18-14-10-6-2/h21,25,28,32-36,71-73,78H,5-20,22-24,26-27,29-31,37-70H2,1-4H3,(H,83,84)(H,85,86)/b25-21-,32-28-,35-33-,36-34-/t71-,72+,73+/m0/s1. The molecule has 0 heterocycles. The second-order valence-corrected chi connectivity index (χ2v) is 29.2. The van der Waals surface area contributed by atoms with Gasteiger partial charge in [0.1, 0.15) is 19.3 Å². The van der Waals surface area contributed by atoms with Gasteiger partial charge in [-0.1, -0.05) is 275 Å². The zero-order chi connectivity index (χ0) is 70.4. The minimum Gasteiger partial charge on any atom is -0.462 e. The largest absolute Gasteiger partial charge is 0.472 e. The van der Waals surface area contributed by atoms with Crippen LogP contribution in [0.2, 0.25) is 0 Å². The van der Waals surface area contributed by atoms with E-state index in [1.807, 2.05) is 0 Å². The highest BCUT2D eigenvalue weighted by molar-refractivity contribution is 7.47. The third-order valence-corrected chi connectivity index (χ3v) is 18.7. The molecule has 3 N–H and O–H groups in total. The lowest BCUT2D eigenvalue weighted by Crippen LogP contribution is -2.30. The summed E-state index contributed by atoms with van der Waals surface area (Å²) in [6, 6.07) is 0. The Bertz CT molecular complexity index is 2010. The molecule has 96 heavy (non-hydrogen) atoms. The summed E-state index contributed by atoms with van der Waals surface area (Å²) in [5.74, 6) is -2.17. The van der Waals surface area contributed by atoms with Gasteiger partial charge >= 0.3 is 39.5 Å². The Morgan fingerprint density at radius 1 is 0.292 bits per heavy atom. The molecule has 0 aliphatic rings. The molecule has 0 rings (SSSR count). The second kappa shape index (κ2) is 70.5. The number of carbonyl (C=O) groups excluding carboxylic acids is 4. The van der Waals surface area contributed by atoms with Gasteiger partial charge in [0.15, 0.2) is 12.2 Å². The van der Waals surface area contributed by atoms with Gasteiger partial charge in [-0.05, 0) is 109 Å². The first-order valence-electron chi connectivity index (χ1n) is 38.9. The Morgan fingerprint density at radius 3 is 0.812 bits per heavy atom. The summed E-state index contributed by atoms with van der Waals surface area (Å²) < 4.78 is 68.5. The first-order valence-corrected chi connectivity index (χ1v) is 41.9. The number of unbranched alkanes of at least 4 members (excludes halogenated alkanes) is 40. The van der Waals surface area contributed by atoms with Gasteiger partial charge in [0, 0.05) is 25.7 Å². The quantitative estimate of drug-likeness (QED) is 0.0169. The van der Waals surface area contributed by atoms with Gasteiger partial charge in [-0.25, -0.2) is 9.13 Å². The van der Waals surface area contributed by atoms with E-state index in [0.717, 1.165) is 141 Å². The zero-order valence-corrected chi connectivity index (χ0v) is 63.1. The smallest absolute Gasteiger partial charge is 0.462 e. The Balaban J connectivity index is 5.33. The molecule has 0 radical (unpaired) electrons. The average Bonchev–Trinajstić information content (AvgIpc) is 1.17. The van der Waals surface area contributed by atoms with Crippen molar-refractivity contribution in [2.75, 3.05) is 39.6 Å². The molecule has 0 aromatic rings. The molecule has 0 aromatic heterocycles. The lowest BCUT2D eigenvalue weighted by atomic mass is 10.0. The molecule has 0 saturated heterocycles. The van der Waals surface area contributed by atoms with E-state index in [1.54, 1.807) is 0 Å². The van der Waals surface area contributed by atoms with Crippen molar-refractivity contribution in [3.63, 3.8) is 0 Å². The molecule has 0 aromatic carbocycles. The van der Waals surface area contributed by atoms with Crippen LogP contribution < -0.4 is 0 Å². The Morgan fingerprint density at radius 2 is 0.510 bits per heavy atom. The molecular formula is C77H142O17P2. The van der Waals surface area contributed by atoms with Crippen molar-refractivity contribution in [1.29, 1.82) is 0 Å². The molecule has 0 spiro atoms. The molecule has 0 saturated carbocycles. The third-order valence-electron chi connectivity index (χ3n) is 16.8. The summed E-state index contributed by atoms with van der Waals surface area (Å²) in [5, 5.41) is 10.6. The number of hydrogen-bond donors (Lipinski definition) is 3. The first kappa shape index (κ1) is 93.0. The van der Waals surface area contributed by atoms with E-state index in [1.165, 1.54) is 141 Å². The lowest BCUT2D eigenvalue weighted by molar-refractivity contribution is -0.161. The van der Waals surface area contributed by atoms with E-state index in [9.17, 15) is 43.2 Å². The number of allylic oxidation sites excluding steroid dienone is 8. The fourth-order valence-corrected chi connectivity index (χ4v) is 12.3. The molecule has 0 bridgehead atoms. The SMILES string of the molecule is CCCCC/C=C\C/C=C\CCCCCCCC(=O)OC[C@H](COP(=O)(O)OC[C@H](O)COP(=O)(O)OC[C@@H](COC(=O)CCCCCCCCCCCCCCC)OC(=O)CCCCCCC/C=C\CCCCCCCC)OC(=O)CCCCCCC/C=C\CCCCCC. The summed E-state index contributed by atoms with van der Waals surface area (Å²) in [4.78, 5) is 72.8. The molecule has 0 amide bonds. The van der Waals surface area contributed by atoms with Crippen molar-refractivity contribution in [3.8, 4) is 0 Å². The van der Waals surface area contributed by atoms with Gasteiger partial charge in [-0.2, -0.15) is 0 Å². The van der Waals surface area contributed by atoms with E-state index in [0.29, 0.717) is 25.7 Å². The van der Waals surface area contributed by atoms with Crippen molar-refractivity contribution in [2.24, 2.45) is 0 Å². The Hall–Kier alpha value is -2.98. The highest BCUT2D eigenvalue weighted by Crippen LogP contribution is 2.45. The predicted octanol–water partition coefficient (Wildman–Crippen LogP) is 22.1. The van der Waals surface area contributed by atoms with E-state index >= 15 is 0 Å². The minimum absolute atomic E-state index is 0.0863. The van der Waals surface area contributed by atoms with Crippen molar-refractivity contribution >= 4 is 39.5 Å². The molecular weight excluding hydrogens is 1260 g/mol. The predicted molar refractivity (Wildman–Crippen MR) is 390 cm³/mol. The molecule has 562 valence electrons. The molecule has 0 fully saturated rings. The molecule has 2 unspecified atom stereocenters. The van der Waals surface area contributed by atoms with Crippen molar-refractivity contribution in [3.05, 3.63) is 48.6 Å². The van der Waals surface area contributed by atoms with Gasteiger partial charge in [0.25, 0.3) is 0 Å². The number of ether oxygens (including phenoxy) is 4.